The van der Waals surface area contributed by atoms with Crippen molar-refractivity contribution in [2.75, 3.05) is 24.8 Å². The van der Waals surface area contributed by atoms with Crippen molar-refractivity contribution in [2.24, 2.45) is 46.3 Å². The standard InChI is InChI=1S/C36H52N2O9S2/c1-18-10-23-29(41)21-5-2-6-24-28(21)31(43)35(23,26(40)11-18)16-48-49-17-38-27-12-22-19(13-37-27)7-8-20-4-3-9-34(20,22)15-36(45)30(42)25(14-39)47-33(46-24)32(36)44/h10-11,19-25,27-28,30,32-33,37-40,42,44-45H,2-9,12-17H2,1H3/p+1. The molecule has 272 valence electrons. The molecule has 0 aromatic carbocycles. The summed E-state index contributed by atoms with van der Waals surface area (Å²) in [6.07, 6.45) is 4.73. The van der Waals surface area contributed by atoms with Gasteiger partial charge in [-0.15, -0.1) is 0 Å². The number of ketones is 2. The molecule has 13 heteroatoms. The van der Waals surface area contributed by atoms with Crippen molar-refractivity contribution < 1.29 is 49.9 Å². The summed E-state index contributed by atoms with van der Waals surface area (Å²) in [5.41, 5.74) is -3.00. The number of Topliss-reactive ketones (excluding diaryl/α,β-unsaturated/α-hetero) is 2. The van der Waals surface area contributed by atoms with Crippen LogP contribution in [0.3, 0.4) is 0 Å². The van der Waals surface area contributed by atoms with Crippen LogP contribution < -0.4 is 10.6 Å². The van der Waals surface area contributed by atoms with Crippen LogP contribution in [0.1, 0.15) is 71.1 Å². The maximum atomic E-state index is 14.9. The second-order valence-electron chi connectivity index (χ2n) is 16.5. The lowest BCUT2D eigenvalue weighted by Gasteiger charge is -2.58. The van der Waals surface area contributed by atoms with Gasteiger partial charge in [0, 0.05) is 24.0 Å². The molecule has 11 nitrogen and oxygen atoms in total. The fourth-order valence-corrected chi connectivity index (χ4v) is 14.3. The number of aliphatic hydroxyl groups is 5. The Kier molecular flexibility index (Phi) is 9.40. The lowest BCUT2D eigenvalue weighted by atomic mass is 9.51. The van der Waals surface area contributed by atoms with Gasteiger partial charge in [-0.05, 0) is 75.2 Å². The highest BCUT2D eigenvalue weighted by Crippen LogP contribution is 2.63. The Labute approximate surface area is 295 Å². The Morgan fingerprint density at radius 3 is 2.71 bits per heavy atom. The Hall–Kier alpha value is -1.00. The summed E-state index contributed by atoms with van der Waals surface area (Å²) in [4.78, 5) is 29.2. The van der Waals surface area contributed by atoms with Crippen LogP contribution in [0.15, 0.2) is 23.5 Å². The van der Waals surface area contributed by atoms with Crippen molar-refractivity contribution in [3.05, 3.63) is 23.5 Å². The molecule has 0 aromatic heterocycles. The quantitative estimate of drug-likeness (QED) is 0.195. The minimum atomic E-state index is -2.03. The molecule has 0 aromatic rings. The molecule has 8 aliphatic rings. The lowest BCUT2D eigenvalue weighted by Crippen LogP contribution is -2.97. The van der Waals surface area contributed by atoms with E-state index in [1.165, 1.54) is 10.8 Å². The van der Waals surface area contributed by atoms with Gasteiger partial charge in [0.15, 0.2) is 12.1 Å². The summed E-state index contributed by atoms with van der Waals surface area (Å²) >= 11 is 0. The first kappa shape index (κ1) is 35.1. The monoisotopic (exact) mass is 721 g/mol. The molecule has 49 heavy (non-hydrogen) atoms. The highest BCUT2D eigenvalue weighted by molar-refractivity contribution is 8.76. The Morgan fingerprint density at radius 2 is 1.90 bits per heavy atom. The van der Waals surface area contributed by atoms with Crippen molar-refractivity contribution in [1.82, 2.24) is 5.32 Å². The van der Waals surface area contributed by atoms with E-state index in [4.69, 9.17) is 9.47 Å². The van der Waals surface area contributed by atoms with Gasteiger partial charge in [-0.2, -0.15) is 0 Å². The summed E-state index contributed by atoms with van der Waals surface area (Å²) in [5, 5.41) is 64.4. The van der Waals surface area contributed by atoms with Gasteiger partial charge in [0.25, 0.3) is 0 Å². The number of hydrogen-bond donors (Lipinski definition) is 7. The molecule has 0 amide bonds. The molecule has 15 unspecified atom stereocenters. The molecule has 3 aliphatic heterocycles. The number of aliphatic hydroxyl groups excluding tert-OH is 4. The zero-order chi connectivity index (χ0) is 34.3. The first-order valence-corrected chi connectivity index (χ1v) is 21.0. The van der Waals surface area contributed by atoms with Crippen molar-refractivity contribution in [1.29, 1.82) is 0 Å². The van der Waals surface area contributed by atoms with E-state index < -0.39 is 66.1 Å². The minimum absolute atomic E-state index is 0.0821. The topological polar surface area (TPSA) is 182 Å². The third-order valence-corrected chi connectivity index (χ3v) is 16.5. The molecule has 5 aliphatic carbocycles. The van der Waals surface area contributed by atoms with Crippen LogP contribution in [0.25, 0.3) is 0 Å². The molecule has 0 radical (unpaired) electrons. The first-order chi connectivity index (χ1) is 23.5. The fourth-order valence-electron chi connectivity index (χ4n) is 12.0. The molecule has 2 spiro atoms. The number of allylic oxidation sites excluding steroid dienone is 4. The van der Waals surface area contributed by atoms with Crippen molar-refractivity contribution in [2.45, 2.75) is 114 Å². The zero-order valence-corrected chi connectivity index (χ0v) is 29.9. The van der Waals surface area contributed by atoms with Crippen LogP contribution in [0.4, 0.5) is 0 Å². The van der Waals surface area contributed by atoms with Gasteiger partial charge in [-0.1, -0.05) is 46.1 Å². The van der Waals surface area contributed by atoms with Crippen molar-refractivity contribution in [3.63, 3.8) is 0 Å². The molecule has 3 saturated heterocycles. The predicted molar refractivity (Wildman–Crippen MR) is 183 cm³/mol. The van der Waals surface area contributed by atoms with E-state index in [0.717, 1.165) is 50.6 Å². The number of ether oxygens (including phenoxy) is 2. The van der Waals surface area contributed by atoms with Crippen LogP contribution in [-0.2, 0) is 19.1 Å². The Bertz CT molecular complexity index is 1400. The highest BCUT2D eigenvalue weighted by atomic mass is 33.1. The molecule has 7 fully saturated rings. The number of nitrogens with two attached hydrogens (primary N) is 1. The molecular weight excluding hydrogens is 669 g/mol. The van der Waals surface area contributed by atoms with Gasteiger partial charge in [0.2, 0.25) is 0 Å². The number of piperidine rings is 1. The van der Waals surface area contributed by atoms with Crippen LogP contribution in [-0.4, -0.2) is 104 Å². The van der Waals surface area contributed by atoms with E-state index >= 15 is 0 Å². The maximum absolute atomic E-state index is 14.9. The number of hydrogen-bond acceptors (Lipinski definition) is 12. The fraction of sp³-hybridized carbons (Fsp3) is 0.833. The summed E-state index contributed by atoms with van der Waals surface area (Å²) in [5.74, 6) is -0.715. The van der Waals surface area contributed by atoms with E-state index in [2.05, 4.69) is 10.6 Å². The Balaban J connectivity index is 1.20. The predicted octanol–water partition coefficient (Wildman–Crippen LogP) is 1.55. The largest absolute Gasteiger partial charge is 0.511 e. The molecule has 8 rings (SSSR count). The number of fused-ring (bicyclic) bond motifs is 3. The van der Waals surface area contributed by atoms with Crippen LogP contribution in [0, 0.1) is 46.3 Å². The van der Waals surface area contributed by atoms with Gasteiger partial charge < -0.3 is 40.3 Å². The average Bonchev–Trinajstić information content (AvgIpc) is 3.51. The highest BCUT2D eigenvalue weighted by Gasteiger charge is 2.66. The third kappa shape index (κ3) is 5.38. The smallest absolute Gasteiger partial charge is 0.187 e. The minimum Gasteiger partial charge on any atom is -0.511 e. The second kappa shape index (κ2) is 13.1. The van der Waals surface area contributed by atoms with Gasteiger partial charge in [0.1, 0.15) is 47.0 Å². The average molecular weight is 722 g/mol. The SMILES string of the molecule is CC1=CC2C(=O)C3CCCC4OC5OC(CO)C(O)C(O)(CC67CCCC6CCC6C[NH2+]C(CC67)NCSSCC2(C(=O)C43)C(O)=C1)C5O. The number of carbonyl (C=O) groups excluding carboxylic acids is 2. The summed E-state index contributed by atoms with van der Waals surface area (Å²) < 4.78 is 12.6. The van der Waals surface area contributed by atoms with E-state index in [1.54, 1.807) is 16.9 Å². The molecule has 15 atom stereocenters. The van der Waals surface area contributed by atoms with Crippen LogP contribution in [0.2, 0.25) is 0 Å². The summed E-state index contributed by atoms with van der Waals surface area (Å²) in [6, 6.07) is 0. The molecule has 4 saturated carbocycles. The van der Waals surface area contributed by atoms with Gasteiger partial charge in [-0.3, -0.25) is 14.9 Å². The summed E-state index contributed by atoms with van der Waals surface area (Å²) in [6.45, 7) is 2.21. The van der Waals surface area contributed by atoms with Crippen molar-refractivity contribution >= 4 is 33.2 Å². The maximum Gasteiger partial charge on any atom is 0.187 e. The Morgan fingerprint density at radius 1 is 1.06 bits per heavy atom. The van der Waals surface area contributed by atoms with Crippen molar-refractivity contribution in [3.8, 4) is 0 Å². The number of rotatable bonds is 1. The van der Waals surface area contributed by atoms with Crippen LogP contribution >= 0.6 is 21.6 Å². The zero-order valence-electron chi connectivity index (χ0n) is 28.2. The molecule has 3 heterocycles. The molecule has 8 N–H and O–H groups in total. The third-order valence-electron chi connectivity index (χ3n) is 14.3. The molecular formula is C36H53N2O9S2+. The second-order valence-corrected chi connectivity index (χ2v) is 18.9. The lowest BCUT2D eigenvalue weighted by molar-refractivity contribution is -0.713. The van der Waals surface area contributed by atoms with Crippen LogP contribution in [0.5, 0.6) is 0 Å². The molecule has 6 bridgehead atoms. The van der Waals surface area contributed by atoms with Gasteiger partial charge in [0.05, 0.1) is 37.0 Å². The van der Waals surface area contributed by atoms with Gasteiger partial charge in [-0.25, -0.2) is 0 Å². The van der Waals surface area contributed by atoms with E-state index in [-0.39, 0.29) is 41.1 Å². The number of nitrogens with one attached hydrogen (secondary N) is 1. The van der Waals surface area contributed by atoms with E-state index in [1.807, 2.05) is 13.0 Å². The van der Waals surface area contributed by atoms with E-state index in [9.17, 15) is 35.1 Å². The number of quaternary nitrogens is 1. The number of carbonyl (C=O) groups is 2. The van der Waals surface area contributed by atoms with Gasteiger partial charge >= 0.3 is 0 Å². The van der Waals surface area contributed by atoms with E-state index in [0.29, 0.717) is 42.9 Å². The summed E-state index contributed by atoms with van der Waals surface area (Å²) in [7, 11) is 3.10. The first-order valence-electron chi connectivity index (χ1n) is 18.5. The normalized spacial score (nSPS) is 51.8.